The number of rotatable bonds is 7. The molecule has 0 spiro atoms. The molecule has 1 unspecified atom stereocenters. The van der Waals surface area contributed by atoms with Gasteiger partial charge in [0.2, 0.25) is 0 Å². The summed E-state index contributed by atoms with van der Waals surface area (Å²) in [6, 6.07) is 12.3. The van der Waals surface area contributed by atoms with Crippen LogP contribution in [0.2, 0.25) is 0 Å². The SMILES string of the molecule is CN1CCC(Nc2cc(C(=O)NC[C@H](O)CN3CCc4ccccc4C3)ccn2)C1. The van der Waals surface area contributed by atoms with Gasteiger partial charge >= 0.3 is 0 Å². The molecule has 2 aliphatic heterocycles. The van der Waals surface area contributed by atoms with Crippen molar-refractivity contribution in [3.05, 3.63) is 59.3 Å². The number of pyridine rings is 1. The number of carbonyl (C=O) groups is 1. The van der Waals surface area contributed by atoms with E-state index in [1.807, 2.05) is 0 Å². The van der Waals surface area contributed by atoms with Crippen LogP contribution in [0.25, 0.3) is 0 Å². The highest BCUT2D eigenvalue weighted by Gasteiger charge is 2.21. The Morgan fingerprint density at radius 1 is 1.27 bits per heavy atom. The summed E-state index contributed by atoms with van der Waals surface area (Å²) in [6.07, 6.45) is 3.12. The van der Waals surface area contributed by atoms with Crippen molar-refractivity contribution in [3.8, 4) is 0 Å². The zero-order valence-electron chi connectivity index (χ0n) is 17.6. The van der Waals surface area contributed by atoms with Gasteiger partial charge in [0.05, 0.1) is 6.10 Å². The van der Waals surface area contributed by atoms with E-state index in [4.69, 9.17) is 0 Å². The first-order valence-corrected chi connectivity index (χ1v) is 10.7. The van der Waals surface area contributed by atoms with E-state index < -0.39 is 6.10 Å². The highest BCUT2D eigenvalue weighted by molar-refractivity contribution is 5.94. The van der Waals surface area contributed by atoms with Crippen LogP contribution in [0.1, 0.15) is 27.9 Å². The van der Waals surface area contributed by atoms with E-state index in [2.05, 4.69) is 56.7 Å². The predicted molar refractivity (Wildman–Crippen MR) is 118 cm³/mol. The number of likely N-dealkylation sites (N-methyl/N-ethyl adjacent to an activating group) is 1. The molecule has 0 saturated carbocycles. The molecular formula is C23H31N5O2. The highest BCUT2D eigenvalue weighted by atomic mass is 16.3. The number of anilines is 1. The van der Waals surface area contributed by atoms with Crippen LogP contribution in [0.4, 0.5) is 5.82 Å². The number of nitrogens with zero attached hydrogens (tertiary/aromatic N) is 3. The Hall–Kier alpha value is -2.48. The molecule has 4 rings (SSSR count). The third-order valence-corrected chi connectivity index (χ3v) is 5.94. The number of aromatic nitrogens is 1. The summed E-state index contributed by atoms with van der Waals surface area (Å²) >= 11 is 0. The summed E-state index contributed by atoms with van der Waals surface area (Å²) in [7, 11) is 2.10. The van der Waals surface area contributed by atoms with Crippen molar-refractivity contribution < 1.29 is 9.90 Å². The lowest BCUT2D eigenvalue weighted by atomic mass is 10.00. The predicted octanol–water partition coefficient (Wildman–Crippen LogP) is 1.35. The number of aliphatic hydroxyl groups excluding tert-OH is 1. The Labute approximate surface area is 178 Å². The van der Waals surface area contributed by atoms with Crippen LogP contribution < -0.4 is 10.6 Å². The molecule has 30 heavy (non-hydrogen) atoms. The molecule has 0 aliphatic carbocycles. The number of carbonyl (C=O) groups excluding carboxylic acids is 1. The first-order valence-electron chi connectivity index (χ1n) is 10.7. The third-order valence-electron chi connectivity index (χ3n) is 5.94. The average Bonchev–Trinajstić information content (AvgIpc) is 3.16. The Bertz CT molecular complexity index is 874. The third kappa shape index (κ3) is 5.36. The Morgan fingerprint density at radius 2 is 2.10 bits per heavy atom. The molecule has 1 fully saturated rings. The summed E-state index contributed by atoms with van der Waals surface area (Å²) in [4.78, 5) is 21.4. The molecule has 1 saturated heterocycles. The minimum absolute atomic E-state index is 0.188. The van der Waals surface area contributed by atoms with Crippen LogP contribution in [0.3, 0.4) is 0 Å². The summed E-state index contributed by atoms with van der Waals surface area (Å²) in [5, 5.41) is 16.7. The van der Waals surface area contributed by atoms with Crippen LogP contribution >= 0.6 is 0 Å². The Kier molecular flexibility index (Phi) is 6.62. The van der Waals surface area contributed by atoms with E-state index in [-0.39, 0.29) is 12.5 Å². The zero-order valence-corrected chi connectivity index (χ0v) is 17.6. The topological polar surface area (TPSA) is 80.7 Å². The number of amides is 1. The summed E-state index contributed by atoms with van der Waals surface area (Å²) in [5.41, 5.74) is 3.27. The number of hydrogen-bond donors (Lipinski definition) is 3. The molecule has 3 heterocycles. The fourth-order valence-corrected chi connectivity index (χ4v) is 4.30. The zero-order chi connectivity index (χ0) is 20.9. The van der Waals surface area contributed by atoms with Crippen molar-refractivity contribution in [2.45, 2.75) is 31.5 Å². The van der Waals surface area contributed by atoms with Gasteiger partial charge in [0.1, 0.15) is 5.82 Å². The molecule has 7 nitrogen and oxygen atoms in total. The maximum Gasteiger partial charge on any atom is 0.251 e. The molecule has 7 heteroatoms. The smallest absolute Gasteiger partial charge is 0.251 e. The van der Waals surface area contributed by atoms with Crippen LogP contribution in [0.15, 0.2) is 42.6 Å². The fourth-order valence-electron chi connectivity index (χ4n) is 4.30. The van der Waals surface area contributed by atoms with E-state index in [0.29, 0.717) is 18.2 Å². The molecule has 3 N–H and O–H groups in total. The molecule has 2 aromatic rings. The normalized spacial score (nSPS) is 20.5. The number of likely N-dealkylation sites (tertiary alicyclic amines) is 1. The van der Waals surface area contributed by atoms with E-state index in [0.717, 1.165) is 44.8 Å². The lowest BCUT2D eigenvalue weighted by Crippen LogP contribution is -2.42. The molecule has 1 aromatic carbocycles. The largest absolute Gasteiger partial charge is 0.390 e. The molecule has 0 bridgehead atoms. The van der Waals surface area contributed by atoms with Gasteiger partial charge in [0.15, 0.2) is 0 Å². The number of hydrogen-bond acceptors (Lipinski definition) is 6. The number of aliphatic hydroxyl groups is 1. The van der Waals surface area contributed by atoms with Gasteiger partial charge < -0.3 is 20.6 Å². The molecule has 1 aromatic heterocycles. The van der Waals surface area contributed by atoms with Crippen LogP contribution in [0.5, 0.6) is 0 Å². The van der Waals surface area contributed by atoms with Gasteiger partial charge in [-0.1, -0.05) is 24.3 Å². The van der Waals surface area contributed by atoms with Crippen LogP contribution in [-0.2, 0) is 13.0 Å². The summed E-state index contributed by atoms with van der Waals surface area (Å²) in [5.74, 6) is 0.530. The minimum atomic E-state index is -0.604. The van der Waals surface area contributed by atoms with Crippen molar-refractivity contribution in [1.82, 2.24) is 20.1 Å². The van der Waals surface area contributed by atoms with Gasteiger partial charge in [-0.2, -0.15) is 0 Å². The average molecular weight is 410 g/mol. The monoisotopic (exact) mass is 409 g/mol. The fraction of sp³-hybridized carbons (Fsp3) is 0.478. The Balaban J connectivity index is 1.25. The van der Waals surface area contributed by atoms with Gasteiger partial charge in [0, 0.05) is 50.5 Å². The number of benzene rings is 1. The van der Waals surface area contributed by atoms with Crippen LogP contribution in [0, 0.1) is 0 Å². The maximum absolute atomic E-state index is 12.5. The number of fused-ring (bicyclic) bond motifs is 1. The first kappa shape index (κ1) is 20.8. The van der Waals surface area contributed by atoms with E-state index >= 15 is 0 Å². The first-order chi connectivity index (χ1) is 14.6. The molecular weight excluding hydrogens is 378 g/mol. The minimum Gasteiger partial charge on any atom is -0.390 e. The van der Waals surface area contributed by atoms with Gasteiger partial charge in [-0.05, 0) is 49.7 Å². The molecule has 1 amide bonds. The lowest BCUT2D eigenvalue weighted by Gasteiger charge is -2.30. The number of β-amino-alcohol motifs (C(OH)–C–C–N with tert-alkyl or cyclic N) is 1. The summed E-state index contributed by atoms with van der Waals surface area (Å²) in [6.45, 7) is 4.60. The van der Waals surface area contributed by atoms with Crippen LogP contribution in [-0.4, -0.2) is 77.7 Å². The van der Waals surface area contributed by atoms with Gasteiger partial charge in [0.25, 0.3) is 5.91 Å². The standard InChI is InChI=1S/C23H31N5O2/c1-27-10-8-20(15-27)26-22-12-18(6-9-24-22)23(30)25-13-21(29)16-28-11-7-17-4-2-3-5-19(17)14-28/h2-6,9,12,20-21,29H,7-8,10-11,13-16H2,1H3,(H,24,26)(H,25,30)/t20?,21-/m0/s1. The van der Waals surface area contributed by atoms with Crippen molar-refractivity contribution in [2.24, 2.45) is 0 Å². The second kappa shape index (κ2) is 9.55. The molecule has 2 atom stereocenters. The van der Waals surface area contributed by atoms with Crippen molar-refractivity contribution in [2.75, 3.05) is 45.1 Å². The lowest BCUT2D eigenvalue weighted by molar-refractivity contribution is 0.0842. The quantitative estimate of drug-likeness (QED) is 0.641. The van der Waals surface area contributed by atoms with Gasteiger partial charge in [-0.3, -0.25) is 9.69 Å². The van der Waals surface area contributed by atoms with E-state index in [9.17, 15) is 9.90 Å². The summed E-state index contributed by atoms with van der Waals surface area (Å²) < 4.78 is 0. The Morgan fingerprint density at radius 3 is 2.90 bits per heavy atom. The highest BCUT2D eigenvalue weighted by Crippen LogP contribution is 2.18. The second-order valence-electron chi connectivity index (χ2n) is 8.44. The van der Waals surface area contributed by atoms with Crippen molar-refractivity contribution >= 4 is 11.7 Å². The molecule has 2 aliphatic rings. The van der Waals surface area contributed by atoms with E-state index in [1.165, 1.54) is 11.1 Å². The van der Waals surface area contributed by atoms with Gasteiger partial charge in [-0.25, -0.2) is 4.98 Å². The second-order valence-corrected chi connectivity index (χ2v) is 8.44. The molecule has 0 radical (unpaired) electrons. The number of nitrogens with one attached hydrogen (secondary N) is 2. The van der Waals surface area contributed by atoms with E-state index in [1.54, 1.807) is 18.3 Å². The maximum atomic E-state index is 12.5. The van der Waals surface area contributed by atoms with Crippen molar-refractivity contribution in [3.63, 3.8) is 0 Å². The van der Waals surface area contributed by atoms with Crippen molar-refractivity contribution in [1.29, 1.82) is 0 Å². The van der Waals surface area contributed by atoms with Gasteiger partial charge in [-0.15, -0.1) is 0 Å². The molecule has 160 valence electrons.